The number of hydrogen-bond acceptors (Lipinski definition) is 3. The first-order valence-corrected chi connectivity index (χ1v) is 5.90. The molecular weight excluding hydrogens is 202 g/mol. The van der Waals surface area contributed by atoms with Crippen molar-refractivity contribution in [2.24, 2.45) is 0 Å². The lowest BCUT2D eigenvalue weighted by Gasteiger charge is -2.23. The Morgan fingerprint density at radius 1 is 1.62 bits per heavy atom. The molecule has 1 aromatic heterocycles. The van der Waals surface area contributed by atoms with Crippen LogP contribution in [0.5, 0.6) is 0 Å². The molecule has 1 heterocycles. The molecule has 0 bridgehead atoms. The van der Waals surface area contributed by atoms with E-state index < -0.39 is 0 Å². The van der Waals surface area contributed by atoms with Crippen LogP contribution in [0.15, 0.2) is 18.3 Å². The highest BCUT2D eigenvalue weighted by Crippen LogP contribution is 2.32. The fourth-order valence-corrected chi connectivity index (χ4v) is 2.34. The standard InChI is InChI=1S/C13H17NO2/c1-2-16-13(15)9-10-5-3-7-12-11(10)6-4-8-14-12/h4,6,8,10H,2-3,5,7,9H2,1H3/t10-/m1/s1. The predicted molar refractivity (Wildman–Crippen MR) is 61.2 cm³/mol. The number of pyridine rings is 1. The number of carbonyl (C=O) groups is 1. The maximum Gasteiger partial charge on any atom is 0.306 e. The molecule has 0 amide bonds. The third-order valence-electron chi connectivity index (χ3n) is 3.05. The van der Waals surface area contributed by atoms with Crippen LogP contribution in [-0.2, 0) is 16.0 Å². The summed E-state index contributed by atoms with van der Waals surface area (Å²) < 4.78 is 5.00. The Kier molecular flexibility index (Phi) is 3.54. The Balaban J connectivity index is 2.10. The van der Waals surface area contributed by atoms with Gasteiger partial charge >= 0.3 is 5.97 Å². The quantitative estimate of drug-likeness (QED) is 0.733. The summed E-state index contributed by atoms with van der Waals surface area (Å²) >= 11 is 0. The van der Waals surface area contributed by atoms with Gasteiger partial charge in [-0.3, -0.25) is 9.78 Å². The molecule has 3 heteroatoms. The SMILES string of the molecule is CCOC(=O)C[C@H]1CCCc2ncccc21. The van der Waals surface area contributed by atoms with Crippen molar-refractivity contribution in [2.75, 3.05) is 6.61 Å². The Morgan fingerprint density at radius 2 is 2.50 bits per heavy atom. The second-order valence-electron chi connectivity index (χ2n) is 4.14. The zero-order valence-corrected chi connectivity index (χ0v) is 9.61. The summed E-state index contributed by atoms with van der Waals surface area (Å²) in [4.78, 5) is 15.8. The maximum absolute atomic E-state index is 11.5. The van der Waals surface area contributed by atoms with Gasteiger partial charge in [0, 0.05) is 11.9 Å². The van der Waals surface area contributed by atoms with Gasteiger partial charge in [-0.1, -0.05) is 6.07 Å². The van der Waals surface area contributed by atoms with Crippen LogP contribution < -0.4 is 0 Å². The number of ether oxygens (including phenoxy) is 1. The first-order chi connectivity index (χ1) is 7.81. The third-order valence-corrected chi connectivity index (χ3v) is 3.05. The average Bonchev–Trinajstić information content (AvgIpc) is 2.30. The van der Waals surface area contributed by atoms with Gasteiger partial charge in [-0.05, 0) is 43.7 Å². The van der Waals surface area contributed by atoms with Crippen LogP contribution in [0.1, 0.15) is 43.4 Å². The van der Waals surface area contributed by atoms with E-state index in [1.54, 1.807) is 0 Å². The van der Waals surface area contributed by atoms with Crippen molar-refractivity contribution < 1.29 is 9.53 Å². The fraction of sp³-hybridized carbons (Fsp3) is 0.538. The molecule has 86 valence electrons. The highest BCUT2D eigenvalue weighted by Gasteiger charge is 2.23. The zero-order valence-electron chi connectivity index (χ0n) is 9.61. The van der Waals surface area contributed by atoms with Crippen molar-refractivity contribution in [1.82, 2.24) is 4.98 Å². The van der Waals surface area contributed by atoms with E-state index in [0.29, 0.717) is 18.9 Å². The third kappa shape index (κ3) is 2.40. The zero-order chi connectivity index (χ0) is 11.4. The second kappa shape index (κ2) is 5.10. The molecular formula is C13H17NO2. The summed E-state index contributed by atoms with van der Waals surface area (Å²) in [5, 5.41) is 0. The summed E-state index contributed by atoms with van der Waals surface area (Å²) in [5.74, 6) is 0.209. The molecule has 2 rings (SSSR count). The molecule has 0 aromatic carbocycles. The molecule has 1 aliphatic carbocycles. The molecule has 0 fully saturated rings. The highest BCUT2D eigenvalue weighted by atomic mass is 16.5. The molecule has 0 N–H and O–H groups in total. The maximum atomic E-state index is 11.5. The molecule has 1 aromatic rings. The van der Waals surface area contributed by atoms with E-state index in [0.717, 1.165) is 25.0 Å². The first-order valence-electron chi connectivity index (χ1n) is 5.90. The molecule has 0 aliphatic heterocycles. The van der Waals surface area contributed by atoms with Crippen LogP contribution in [0.3, 0.4) is 0 Å². The summed E-state index contributed by atoms with van der Waals surface area (Å²) in [6.07, 6.45) is 5.54. The number of rotatable bonds is 3. The van der Waals surface area contributed by atoms with Gasteiger partial charge in [0.15, 0.2) is 0 Å². The predicted octanol–water partition coefficient (Wildman–Crippen LogP) is 2.45. The van der Waals surface area contributed by atoms with Crippen molar-refractivity contribution in [3.8, 4) is 0 Å². The van der Waals surface area contributed by atoms with Crippen LogP contribution in [-0.4, -0.2) is 17.6 Å². The van der Waals surface area contributed by atoms with Crippen LogP contribution in [0.2, 0.25) is 0 Å². The minimum absolute atomic E-state index is 0.0933. The molecule has 0 spiro atoms. The van der Waals surface area contributed by atoms with Crippen molar-refractivity contribution in [3.63, 3.8) is 0 Å². The summed E-state index contributed by atoms with van der Waals surface area (Å²) in [7, 11) is 0. The lowest BCUT2D eigenvalue weighted by atomic mass is 9.84. The Labute approximate surface area is 95.8 Å². The van der Waals surface area contributed by atoms with Gasteiger partial charge in [0.2, 0.25) is 0 Å². The number of aryl methyl sites for hydroxylation is 1. The van der Waals surface area contributed by atoms with Gasteiger partial charge in [-0.25, -0.2) is 0 Å². The van der Waals surface area contributed by atoms with Crippen molar-refractivity contribution in [1.29, 1.82) is 0 Å². The van der Waals surface area contributed by atoms with Gasteiger partial charge in [0.25, 0.3) is 0 Å². The van der Waals surface area contributed by atoms with Gasteiger partial charge in [-0.2, -0.15) is 0 Å². The molecule has 0 unspecified atom stereocenters. The lowest BCUT2D eigenvalue weighted by molar-refractivity contribution is -0.143. The fourth-order valence-electron chi connectivity index (χ4n) is 2.34. The Hall–Kier alpha value is -1.38. The smallest absolute Gasteiger partial charge is 0.306 e. The number of fused-ring (bicyclic) bond motifs is 1. The molecule has 0 saturated heterocycles. The number of esters is 1. The molecule has 1 aliphatic rings. The molecule has 16 heavy (non-hydrogen) atoms. The van der Waals surface area contributed by atoms with E-state index in [1.807, 2.05) is 19.2 Å². The van der Waals surface area contributed by atoms with Gasteiger partial charge in [0.05, 0.1) is 13.0 Å². The molecule has 3 nitrogen and oxygen atoms in total. The van der Waals surface area contributed by atoms with E-state index in [2.05, 4.69) is 11.1 Å². The lowest BCUT2D eigenvalue weighted by Crippen LogP contribution is -2.16. The summed E-state index contributed by atoms with van der Waals surface area (Å²) in [5.41, 5.74) is 2.39. The number of aromatic nitrogens is 1. The normalized spacial score (nSPS) is 18.9. The monoisotopic (exact) mass is 219 g/mol. The van der Waals surface area contributed by atoms with Crippen LogP contribution in [0.25, 0.3) is 0 Å². The van der Waals surface area contributed by atoms with E-state index in [1.165, 1.54) is 5.56 Å². The van der Waals surface area contributed by atoms with E-state index in [9.17, 15) is 4.79 Å². The summed E-state index contributed by atoms with van der Waals surface area (Å²) in [6, 6.07) is 4.04. The van der Waals surface area contributed by atoms with Crippen LogP contribution in [0, 0.1) is 0 Å². The van der Waals surface area contributed by atoms with Crippen LogP contribution >= 0.6 is 0 Å². The van der Waals surface area contributed by atoms with Crippen LogP contribution in [0.4, 0.5) is 0 Å². The van der Waals surface area contributed by atoms with E-state index in [-0.39, 0.29) is 5.97 Å². The number of nitrogens with zero attached hydrogens (tertiary/aromatic N) is 1. The van der Waals surface area contributed by atoms with E-state index >= 15 is 0 Å². The molecule has 0 radical (unpaired) electrons. The van der Waals surface area contributed by atoms with Gasteiger partial charge in [-0.15, -0.1) is 0 Å². The van der Waals surface area contributed by atoms with Crippen molar-refractivity contribution in [2.45, 2.75) is 38.5 Å². The molecule has 1 atom stereocenters. The second-order valence-corrected chi connectivity index (χ2v) is 4.14. The first kappa shape index (κ1) is 11.1. The largest absolute Gasteiger partial charge is 0.466 e. The van der Waals surface area contributed by atoms with E-state index in [4.69, 9.17) is 4.74 Å². The van der Waals surface area contributed by atoms with Gasteiger partial charge < -0.3 is 4.74 Å². The van der Waals surface area contributed by atoms with Gasteiger partial charge in [0.1, 0.15) is 0 Å². The Bertz CT molecular complexity index is 376. The minimum atomic E-state index is -0.0933. The minimum Gasteiger partial charge on any atom is -0.466 e. The van der Waals surface area contributed by atoms with Crippen molar-refractivity contribution >= 4 is 5.97 Å². The number of hydrogen-bond donors (Lipinski definition) is 0. The Morgan fingerprint density at radius 3 is 3.31 bits per heavy atom. The highest BCUT2D eigenvalue weighted by molar-refractivity contribution is 5.70. The number of carbonyl (C=O) groups excluding carboxylic acids is 1. The average molecular weight is 219 g/mol. The topological polar surface area (TPSA) is 39.2 Å². The summed E-state index contributed by atoms with van der Waals surface area (Å²) in [6.45, 7) is 2.31. The van der Waals surface area contributed by atoms with Crippen molar-refractivity contribution in [3.05, 3.63) is 29.6 Å². The molecule has 0 saturated carbocycles.